The Morgan fingerprint density at radius 2 is 2.06 bits per heavy atom. The van der Waals surface area contributed by atoms with E-state index in [1.165, 1.54) is 6.42 Å². The molecular formula is C14H28N2O2. The molecule has 0 aromatic carbocycles. The van der Waals surface area contributed by atoms with E-state index in [1.807, 2.05) is 4.90 Å². The summed E-state index contributed by atoms with van der Waals surface area (Å²) in [5.74, 6) is 0.0170. The summed E-state index contributed by atoms with van der Waals surface area (Å²) in [6.45, 7) is 7.26. The summed E-state index contributed by atoms with van der Waals surface area (Å²) in [6.07, 6.45) is 4.13. The monoisotopic (exact) mass is 256 g/mol. The number of amides is 1. The van der Waals surface area contributed by atoms with Crippen molar-refractivity contribution in [1.82, 2.24) is 4.90 Å². The number of carbonyl (C=O) groups excluding carboxylic acids is 1. The second-order valence-corrected chi connectivity index (χ2v) is 6.54. The van der Waals surface area contributed by atoms with E-state index in [0.717, 1.165) is 19.3 Å². The van der Waals surface area contributed by atoms with Gasteiger partial charge in [0, 0.05) is 19.1 Å². The maximum Gasteiger partial charge on any atom is 0.227 e. The fourth-order valence-corrected chi connectivity index (χ4v) is 2.52. The smallest absolute Gasteiger partial charge is 0.227 e. The third kappa shape index (κ3) is 4.25. The first-order chi connectivity index (χ1) is 8.39. The molecule has 1 amide bonds. The molecule has 1 fully saturated rings. The zero-order chi connectivity index (χ0) is 13.8. The van der Waals surface area contributed by atoms with Crippen LogP contribution in [0.25, 0.3) is 0 Å². The van der Waals surface area contributed by atoms with Crippen LogP contribution in [0.5, 0.6) is 0 Å². The van der Waals surface area contributed by atoms with Crippen LogP contribution in [0.2, 0.25) is 0 Å². The Morgan fingerprint density at radius 3 is 2.39 bits per heavy atom. The molecule has 0 aromatic heterocycles. The van der Waals surface area contributed by atoms with Crippen molar-refractivity contribution in [1.29, 1.82) is 0 Å². The molecular weight excluding hydrogens is 228 g/mol. The van der Waals surface area contributed by atoms with Gasteiger partial charge in [-0.05, 0) is 31.1 Å². The zero-order valence-electron chi connectivity index (χ0n) is 12.0. The number of nitrogens with two attached hydrogens (primary N) is 1. The average Bonchev–Trinajstić information content (AvgIpc) is 2.20. The summed E-state index contributed by atoms with van der Waals surface area (Å²) in [6, 6.07) is 0.332. The van der Waals surface area contributed by atoms with Crippen molar-refractivity contribution in [3.63, 3.8) is 0 Å². The molecule has 0 saturated heterocycles. The summed E-state index contributed by atoms with van der Waals surface area (Å²) in [5, 5.41) is 9.12. The largest absolute Gasteiger partial charge is 0.395 e. The quantitative estimate of drug-likeness (QED) is 0.754. The van der Waals surface area contributed by atoms with Crippen molar-refractivity contribution in [2.45, 2.75) is 52.5 Å². The Bertz CT molecular complexity index is 269. The van der Waals surface area contributed by atoms with E-state index in [0.29, 0.717) is 19.1 Å². The number of hydrogen-bond acceptors (Lipinski definition) is 3. The normalized spacial score (nSPS) is 18.3. The van der Waals surface area contributed by atoms with Gasteiger partial charge in [0.05, 0.1) is 12.5 Å². The lowest BCUT2D eigenvalue weighted by molar-refractivity contribution is -0.141. The lowest BCUT2D eigenvalue weighted by atomic mass is 9.83. The fourth-order valence-electron chi connectivity index (χ4n) is 2.52. The van der Waals surface area contributed by atoms with Crippen molar-refractivity contribution in [3.05, 3.63) is 0 Å². The van der Waals surface area contributed by atoms with E-state index >= 15 is 0 Å². The van der Waals surface area contributed by atoms with E-state index in [2.05, 4.69) is 20.8 Å². The van der Waals surface area contributed by atoms with Crippen LogP contribution in [0.15, 0.2) is 0 Å². The number of hydrogen-bond donors (Lipinski definition) is 2. The van der Waals surface area contributed by atoms with Gasteiger partial charge >= 0.3 is 0 Å². The van der Waals surface area contributed by atoms with Gasteiger partial charge in [-0.3, -0.25) is 4.79 Å². The van der Waals surface area contributed by atoms with Gasteiger partial charge in [0.15, 0.2) is 0 Å². The highest BCUT2D eigenvalue weighted by Gasteiger charge is 2.33. The third-order valence-corrected chi connectivity index (χ3v) is 3.63. The molecule has 1 unspecified atom stereocenters. The molecule has 4 nitrogen and oxygen atoms in total. The van der Waals surface area contributed by atoms with Crippen molar-refractivity contribution in [3.8, 4) is 0 Å². The highest BCUT2D eigenvalue weighted by Crippen LogP contribution is 2.29. The molecule has 0 radical (unpaired) electrons. The van der Waals surface area contributed by atoms with Crippen LogP contribution in [0.4, 0.5) is 0 Å². The topological polar surface area (TPSA) is 66.6 Å². The zero-order valence-corrected chi connectivity index (χ0v) is 12.0. The summed E-state index contributed by atoms with van der Waals surface area (Å²) in [5.41, 5.74) is 5.87. The number of nitrogens with zero attached hydrogens (tertiary/aromatic N) is 1. The lowest BCUT2D eigenvalue weighted by Gasteiger charge is -2.40. The molecule has 1 saturated carbocycles. The highest BCUT2D eigenvalue weighted by molar-refractivity contribution is 5.79. The molecule has 0 aliphatic heterocycles. The fraction of sp³-hybridized carbons (Fsp3) is 0.929. The Balaban J connectivity index is 2.66. The van der Waals surface area contributed by atoms with Gasteiger partial charge in [-0.1, -0.05) is 20.8 Å². The SMILES string of the molecule is CC(C)(C)CC(CN)C(=O)N(CCO)C1CCC1. The molecule has 1 aliphatic carbocycles. The first-order valence-corrected chi connectivity index (χ1v) is 7.00. The molecule has 1 rings (SSSR count). The molecule has 1 atom stereocenters. The van der Waals surface area contributed by atoms with Gasteiger partial charge < -0.3 is 15.7 Å². The summed E-state index contributed by atoms with van der Waals surface area (Å²) in [4.78, 5) is 14.4. The van der Waals surface area contributed by atoms with Crippen LogP contribution < -0.4 is 5.73 Å². The predicted octanol–water partition coefficient (Wildman–Crippen LogP) is 1.37. The number of aliphatic hydroxyl groups excluding tert-OH is 1. The first-order valence-electron chi connectivity index (χ1n) is 7.00. The molecule has 0 bridgehead atoms. The number of aliphatic hydroxyl groups is 1. The van der Waals surface area contributed by atoms with E-state index in [4.69, 9.17) is 10.8 Å². The van der Waals surface area contributed by atoms with Crippen LogP contribution >= 0.6 is 0 Å². The summed E-state index contributed by atoms with van der Waals surface area (Å²) < 4.78 is 0. The van der Waals surface area contributed by atoms with Crippen molar-refractivity contribution in [2.24, 2.45) is 17.1 Å². The molecule has 0 heterocycles. The molecule has 0 spiro atoms. The Hall–Kier alpha value is -0.610. The predicted molar refractivity (Wildman–Crippen MR) is 73.1 cm³/mol. The van der Waals surface area contributed by atoms with E-state index in [9.17, 15) is 4.79 Å². The third-order valence-electron chi connectivity index (χ3n) is 3.63. The van der Waals surface area contributed by atoms with E-state index in [1.54, 1.807) is 0 Å². The molecule has 3 N–H and O–H groups in total. The summed E-state index contributed by atoms with van der Waals surface area (Å²) in [7, 11) is 0. The minimum absolute atomic E-state index is 0.0368. The van der Waals surface area contributed by atoms with Crippen LogP contribution in [0.1, 0.15) is 46.5 Å². The Labute approximate surface area is 111 Å². The van der Waals surface area contributed by atoms with Gasteiger partial charge in [0.1, 0.15) is 0 Å². The minimum atomic E-state index is -0.114. The van der Waals surface area contributed by atoms with Crippen molar-refractivity contribution < 1.29 is 9.90 Å². The molecule has 4 heteroatoms. The standard InChI is InChI=1S/C14H28N2O2/c1-14(2,3)9-11(10-15)13(18)16(7-8-17)12-5-4-6-12/h11-12,17H,4-10,15H2,1-3H3. The number of rotatable bonds is 6. The van der Waals surface area contributed by atoms with E-state index in [-0.39, 0.29) is 23.8 Å². The highest BCUT2D eigenvalue weighted by atomic mass is 16.3. The van der Waals surface area contributed by atoms with Gasteiger partial charge in [-0.25, -0.2) is 0 Å². The van der Waals surface area contributed by atoms with Crippen LogP contribution in [0, 0.1) is 11.3 Å². The van der Waals surface area contributed by atoms with E-state index < -0.39 is 0 Å². The van der Waals surface area contributed by atoms with Gasteiger partial charge in [0.2, 0.25) is 5.91 Å². The van der Waals surface area contributed by atoms with Crippen molar-refractivity contribution in [2.75, 3.05) is 19.7 Å². The molecule has 0 aromatic rings. The van der Waals surface area contributed by atoms with Crippen molar-refractivity contribution >= 4 is 5.91 Å². The van der Waals surface area contributed by atoms with Crippen LogP contribution in [-0.2, 0) is 4.79 Å². The Kier molecular flexibility index (Phi) is 5.60. The Morgan fingerprint density at radius 1 is 1.44 bits per heavy atom. The lowest BCUT2D eigenvalue weighted by Crippen LogP contribution is -2.49. The maximum absolute atomic E-state index is 12.5. The molecule has 18 heavy (non-hydrogen) atoms. The minimum Gasteiger partial charge on any atom is -0.395 e. The second kappa shape index (κ2) is 6.53. The maximum atomic E-state index is 12.5. The van der Waals surface area contributed by atoms with Gasteiger partial charge in [-0.15, -0.1) is 0 Å². The number of carbonyl (C=O) groups is 1. The molecule has 1 aliphatic rings. The second-order valence-electron chi connectivity index (χ2n) is 6.54. The first kappa shape index (κ1) is 15.4. The summed E-state index contributed by atoms with van der Waals surface area (Å²) >= 11 is 0. The van der Waals surface area contributed by atoms with Crippen LogP contribution in [0.3, 0.4) is 0 Å². The van der Waals surface area contributed by atoms with Gasteiger partial charge in [-0.2, -0.15) is 0 Å². The average molecular weight is 256 g/mol. The van der Waals surface area contributed by atoms with Crippen LogP contribution in [-0.4, -0.2) is 41.7 Å². The van der Waals surface area contributed by atoms with Gasteiger partial charge in [0.25, 0.3) is 0 Å². The molecule has 106 valence electrons.